The highest BCUT2D eigenvalue weighted by Gasteiger charge is 2.32. The van der Waals surface area contributed by atoms with Crippen LogP contribution in [0.25, 0.3) is 0 Å². The highest BCUT2D eigenvalue weighted by atomic mass is 28.3. The van der Waals surface area contributed by atoms with Crippen LogP contribution in [0.5, 0.6) is 11.5 Å². The quantitative estimate of drug-likeness (QED) is 0.0335. The Morgan fingerprint density at radius 2 is 0.721 bits per heavy atom. The van der Waals surface area contributed by atoms with E-state index in [0.29, 0.717) is 13.2 Å². The van der Waals surface area contributed by atoms with Crippen LogP contribution >= 0.6 is 0 Å². The molecule has 0 aliphatic heterocycles. The van der Waals surface area contributed by atoms with Gasteiger partial charge in [0.1, 0.15) is 11.5 Å². The first-order valence-electron chi connectivity index (χ1n) is 26.3. The molecule has 5 rings (SSSR count). The smallest absolute Gasteiger partial charge is 0.283 e. The zero-order valence-corrected chi connectivity index (χ0v) is 44.9. The molecule has 1 N–H and O–H groups in total. The highest BCUT2D eigenvalue weighted by molar-refractivity contribution is 6.80. The second kappa shape index (κ2) is 30.6. The Kier molecular flexibility index (Phi) is 24.7. The van der Waals surface area contributed by atoms with E-state index in [-0.39, 0.29) is 29.6 Å². The van der Waals surface area contributed by atoms with E-state index in [1.807, 2.05) is 18.2 Å². The Bertz CT molecular complexity index is 1960. The second-order valence-corrected chi connectivity index (χ2v) is 25.0. The van der Waals surface area contributed by atoms with Gasteiger partial charge >= 0.3 is 0 Å². The van der Waals surface area contributed by atoms with E-state index >= 15 is 0 Å². The Morgan fingerprint density at radius 3 is 1.06 bits per heavy atom. The molecule has 0 aromatic heterocycles. The van der Waals surface area contributed by atoms with Gasteiger partial charge in [-0.25, -0.2) is 0 Å². The molecule has 5 aromatic carbocycles. The third-order valence-electron chi connectivity index (χ3n) is 13.1. The maximum atomic E-state index is 9.97. The molecule has 7 heteroatoms. The maximum absolute atomic E-state index is 9.97. The van der Waals surface area contributed by atoms with Crippen molar-refractivity contribution in [2.24, 2.45) is 10.8 Å². The molecule has 0 fully saturated rings. The SMILES string of the molecule is CC(C)(C)C(CCCCCCCCCCOc1ccc(CO)c(OCCCCCCCCCCC(O[Si](c2ccccc2)c2ccccc2)C(C)(C)C)c1)O[Si](c1ccccc1)c1ccccc1. The fourth-order valence-corrected chi connectivity index (χ4v) is 13.5. The number of ether oxygens (including phenoxy) is 2. The van der Waals surface area contributed by atoms with E-state index in [1.54, 1.807) is 0 Å². The summed E-state index contributed by atoms with van der Waals surface area (Å²) in [7, 11) is -2.64. The van der Waals surface area contributed by atoms with Gasteiger partial charge in [-0.3, -0.25) is 0 Å². The lowest BCUT2D eigenvalue weighted by Gasteiger charge is -2.34. The van der Waals surface area contributed by atoms with Crippen LogP contribution in [0, 0.1) is 10.8 Å². The Labute approximate surface area is 416 Å². The lowest BCUT2D eigenvalue weighted by atomic mass is 9.86. The number of unbranched alkanes of at least 4 members (excludes halogenated alkanes) is 14. The average Bonchev–Trinajstić information content (AvgIpc) is 3.34. The molecule has 0 aliphatic carbocycles. The van der Waals surface area contributed by atoms with Crippen molar-refractivity contribution < 1.29 is 23.4 Å². The number of aliphatic hydroxyl groups is 1. The summed E-state index contributed by atoms with van der Waals surface area (Å²) in [5.41, 5.74) is 0.995. The molecule has 0 aliphatic rings. The molecule has 5 nitrogen and oxygen atoms in total. The number of rotatable bonds is 33. The zero-order valence-electron chi connectivity index (χ0n) is 42.9. The molecular formula is C61H86O5Si2. The molecular weight excluding hydrogens is 869 g/mol. The maximum Gasteiger partial charge on any atom is 0.283 e. The highest BCUT2D eigenvalue weighted by Crippen LogP contribution is 2.30. The summed E-state index contributed by atoms with van der Waals surface area (Å²) < 4.78 is 26.5. The van der Waals surface area contributed by atoms with Gasteiger partial charge in [-0.2, -0.15) is 0 Å². The van der Waals surface area contributed by atoms with Gasteiger partial charge in [-0.05, 0) is 69.4 Å². The zero-order chi connectivity index (χ0) is 48.3. The number of aliphatic hydroxyl groups excluding tert-OH is 1. The van der Waals surface area contributed by atoms with Crippen LogP contribution in [0.4, 0.5) is 0 Å². The van der Waals surface area contributed by atoms with E-state index in [2.05, 4.69) is 163 Å². The molecule has 2 unspecified atom stereocenters. The van der Waals surface area contributed by atoms with Gasteiger partial charge in [-0.1, -0.05) is 253 Å². The van der Waals surface area contributed by atoms with E-state index < -0.39 is 18.1 Å². The fraction of sp³-hybridized carbons (Fsp3) is 0.508. The van der Waals surface area contributed by atoms with Gasteiger partial charge in [0.2, 0.25) is 0 Å². The first kappa shape index (κ1) is 54.9. The predicted octanol–water partition coefficient (Wildman–Crippen LogP) is 13.4. The van der Waals surface area contributed by atoms with Gasteiger partial charge in [0.15, 0.2) is 0 Å². The molecule has 0 saturated heterocycles. The summed E-state index contributed by atoms with van der Waals surface area (Å²) in [4.78, 5) is 0. The molecule has 0 saturated carbocycles. The minimum Gasteiger partial charge on any atom is -0.493 e. The summed E-state index contributed by atoms with van der Waals surface area (Å²) in [6.45, 7) is 15.3. The summed E-state index contributed by atoms with van der Waals surface area (Å²) >= 11 is 0. The van der Waals surface area contributed by atoms with Gasteiger partial charge in [0.05, 0.1) is 32.0 Å². The van der Waals surface area contributed by atoms with Crippen LogP contribution in [-0.4, -0.2) is 48.6 Å². The standard InChI is InChI=1S/C61H86O5Si2/c1-60(2,3)58(65-67(53-35-23-19-24-36-53)54-37-25-20-26-38-54)43-31-15-11-7-9-13-17-33-47-63-52-46-45-51(50-62)57(49-52)64-48-34-18-14-10-8-12-16-32-44-59(61(4,5)6)66-68(55-39-27-21-28-40-55)56-41-29-22-30-42-56/h19-30,35-42,45-46,49,58-59,62H,7-18,31-34,43-44,47-48,50H2,1-6H3. The number of benzene rings is 5. The normalized spacial score (nSPS) is 13.0. The second-order valence-electron chi connectivity index (χ2n) is 20.9. The molecule has 68 heavy (non-hydrogen) atoms. The first-order valence-corrected chi connectivity index (χ1v) is 29.1. The van der Waals surface area contributed by atoms with Crippen molar-refractivity contribution in [3.05, 3.63) is 145 Å². The van der Waals surface area contributed by atoms with E-state index in [4.69, 9.17) is 18.3 Å². The van der Waals surface area contributed by atoms with Crippen molar-refractivity contribution in [1.29, 1.82) is 0 Å². The van der Waals surface area contributed by atoms with E-state index in [0.717, 1.165) is 49.2 Å². The van der Waals surface area contributed by atoms with Crippen molar-refractivity contribution in [2.75, 3.05) is 13.2 Å². The lowest BCUT2D eigenvalue weighted by Crippen LogP contribution is -2.49. The molecule has 0 heterocycles. The molecule has 368 valence electrons. The number of hydrogen-bond acceptors (Lipinski definition) is 5. The minimum absolute atomic E-state index is 0.0324. The summed E-state index contributed by atoms with van der Waals surface area (Å²) in [5.74, 6) is 1.57. The van der Waals surface area contributed by atoms with Crippen molar-refractivity contribution >= 4 is 38.8 Å². The topological polar surface area (TPSA) is 57.2 Å². The Morgan fingerprint density at radius 1 is 0.397 bits per heavy atom. The summed E-state index contributed by atoms with van der Waals surface area (Å²) in [6.07, 6.45) is 22.1. The monoisotopic (exact) mass is 955 g/mol. The van der Waals surface area contributed by atoms with Crippen molar-refractivity contribution in [3.8, 4) is 11.5 Å². The van der Waals surface area contributed by atoms with E-state index in [1.165, 1.54) is 104 Å². The number of hydrogen-bond donors (Lipinski definition) is 1. The van der Waals surface area contributed by atoms with E-state index in [9.17, 15) is 5.11 Å². The first-order chi connectivity index (χ1) is 33.0. The van der Waals surface area contributed by atoms with Crippen LogP contribution in [0.2, 0.25) is 0 Å². The Hall–Kier alpha value is -3.99. The Balaban J connectivity index is 0.889. The molecule has 5 aromatic rings. The van der Waals surface area contributed by atoms with Crippen molar-refractivity contribution in [2.45, 2.75) is 176 Å². The third-order valence-corrected chi connectivity index (χ3v) is 17.5. The van der Waals surface area contributed by atoms with Crippen molar-refractivity contribution in [3.63, 3.8) is 0 Å². The van der Waals surface area contributed by atoms with Crippen LogP contribution in [0.1, 0.15) is 163 Å². The largest absolute Gasteiger partial charge is 0.493 e. The minimum atomic E-state index is -1.32. The van der Waals surface area contributed by atoms with Crippen LogP contribution in [0.3, 0.4) is 0 Å². The third kappa shape index (κ3) is 20.2. The van der Waals surface area contributed by atoms with Crippen LogP contribution < -0.4 is 30.2 Å². The van der Waals surface area contributed by atoms with Crippen LogP contribution in [0.15, 0.2) is 140 Å². The summed E-state index contributed by atoms with van der Waals surface area (Å²) in [5, 5.41) is 15.2. The average molecular weight is 956 g/mol. The van der Waals surface area contributed by atoms with Gasteiger partial charge < -0.3 is 23.4 Å². The summed E-state index contributed by atoms with van der Waals surface area (Å²) in [6, 6.07) is 49.1. The van der Waals surface area contributed by atoms with Crippen LogP contribution in [-0.2, 0) is 15.5 Å². The fourth-order valence-electron chi connectivity index (χ4n) is 8.83. The predicted molar refractivity (Wildman–Crippen MR) is 291 cm³/mol. The van der Waals surface area contributed by atoms with Gasteiger partial charge in [-0.15, -0.1) is 0 Å². The molecule has 0 amide bonds. The molecule has 0 spiro atoms. The van der Waals surface area contributed by atoms with Crippen molar-refractivity contribution in [1.82, 2.24) is 0 Å². The molecule has 0 bridgehead atoms. The molecule has 2 atom stereocenters. The van der Waals surface area contributed by atoms with Gasteiger partial charge in [0.25, 0.3) is 18.1 Å². The lowest BCUT2D eigenvalue weighted by molar-refractivity contribution is 0.0788. The van der Waals surface area contributed by atoms with Gasteiger partial charge in [0, 0.05) is 11.6 Å². The molecule has 2 radical (unpaired) electrons.